The molecule has 1 aromatic carbocycles. The molecule has 6 rings (SSSR count). The van der Waals surface area contributed by atoms with Crippen LogP contribution in [0.25, 0.3) is 10.9 Å². The first-order valence-corrected chi connectivity index (χ1v) is 11.3. The summed E-state index contributed by atoms with van der Waals surface area (Å²) in [7, 11) is 2.10. The van der Waals surface area contributed by atoms with Gasteiger partial charge < -0.3 is 14.3 Å². The van der Waals surface area contributed by atoms with E-state index in [2.05, 4.69) is 61.8 Å². The molecule has 2 bridgehead atoms. The van der Waals surface area contributed by atoms with E-state index < -0.39 is 0 Å². The Hall–Kier alpha value is -2.15. The highest BCUT2D eigenvalue weighted by atomic mass is 16.5. The number of hydrogen-bond donors (Lipinski definition) is 1. The molecular weight excluding hydrogens is 374 g/mol. The van der Waals surface area contributed by atoms with Gasteiger partial charge in [-0.25, -0.2) is 4.98 Å². The lowest BCUT2D eigenvalue weighted by Gasteiger charge is -2.50. The van der Waals surface area contributed by atoms with Gasteiger partial charge in [-0.2, -0.15) is 0 Å². The number of benzene rings is 1. The Kier molecular flexibility index (Phi) is 4.48. The Morgan fingerprint density at radius 2 is 2.03 bits per heavy atom. The number of hydrogen-bond acceptors (Lipinski definition) is 4. The van der Waals surface area contributed by atoms with Gasteiger partial charge in [0.2, 0.25) is 0 Å². The monoisotopic (exact) mass is 405 g/mol. The van der Waals surface area contributed by atoms with Crippen molar-refractivity contribution < 1.29 is 4.74 Å². The topological polar surface area (TPSA) is 49.3 Å². The third-order valence-electron chi connectivity index (χ3n) is 7.63. The molecule has 158 valence electrons. The second-order valence-electron chi connectivity index (χ2n) is 9.52. The smallest absolute Gasteiger partial charge is 0.122 e. The van der Waals surface area contributed by atoms with Gasteiger partial charge in [0.05, 0.1) is 18.8 Å². The minimum absolute atomic E-state index is 0.0197. The number of piperidine rings is 1. The van der Waals surface area contributed by atoms with E-state index in [0.717, 1.165) is 45.6 Å². The number of aromatic amines is 1. The van der Waals surface area contributed by atoms with E-state index in [1.54, 1.807) is 0 Å². The lowest BCUT2D eigenvalue weighted by atomic mass is 9.84. The molecule has 0 radical (unpaired) electrons. The van der Waals surface area contributed by atoms with E-state index in [9.17, 15) is 0 Å². The largest absolute Gasteiger partial charge is 0.372 e. The summed E-state index contributed by atoms with van der Waals surface area (Å²) in [5.74, 6) is 1.17. The van der Waals surface area contributed by atoms with E-state index in [1.165, 1.54) is 35.1 Å². The van der Waals surface area contributed by atoms with Crippen molar-refractivity contribution in [3.05, 3.63) is 54.2 Å². The number of nitrogens with one attached hydrogen (secondary N) is 1. The fraction of sp³-hybridized carbons (Fsp3) is 0.542. The van der Waals surface area contributed by atoms with Crippen LogP contribution in [0.3, 0.4) is 0 Å². The molecule has 3 aromatic rings. The summed E-state index contributed by atoms with van der Waals surface area (Å²) in [6, 6.07) is 10.0. The van der Waals surface area contributed by atoms with Crippen molar-refractivity contribution in [2.24, 2.45) is 7.05 Å². The molecular formula is C24H31N5O. The first-order chi connectivity index (χ1) is 14.7. The normalized spacial score (nSPS) is 29.9. The third-order valence-corrected chi connectivity index (χ3v) is 7.63. The summed E-state index contributed by atoms with van der Waals surface area (Å²) in [5, 5.41) is 1.30. The van der Waals surface area contributed by atoms with Crippen LogP contribution in [0, 0.1) is 0 Å². The molecule has 6 heteroatoms. The van der Waals surface area contributed by atoms with Gasteiger partial charge in [-0.15, -0.1) is 0 Å². The fourth-order valence-corrected chi connectivity index (χ4v) is 6.19. The predicted molar refractivity (Wildman–Crippen MR) is 117 cm³/mol. The molecule has 0 amide bonds. The number of H-pyrrole nitrogens is 1. The summed E-state index contributed by atoms with van der Waals surface area (Å²) in [6.07, 6.45) is 10.9. The van der Waals surface area contributed by atoms with Gasteiger partial charge in [0.1, 0.15) is 5.82 Å². The molecule has 0 saturated carbocycles. The van der Waals surface area contributed by atoms with Crippen LogP contribution in [0.15, 0.2) is 42.9 Å². The maximum absolute atomic E-state index is 6.54. The second kappa shape index (κ2) is 7.22. The molecule has 0 aliphatic carbocycles. The maximum atomic E-state index is 6.54. The molecule has 6 nitrogen and oxygen atoms in total. The SMILES string of the molecule is Cn1ccnc1CN1[C@@H]2CC[C@H]1CC1(C2)CN(Cc2cccc3cc[nH]c23)CCO1. The molecule has 3 aliphatic heterocycles. The summed E-state index contributed by atoms with van der Waals surface area (Å²) in [6.45, 7) is 4.88. The lowest BCUT2D eigenvalue weighted by molar-refractivity contribution is -0.152. The predicted octanol–water partition coefficient (Wildman–Crippen LogP) is 3.30. The number of morpholine rings is 1. The average Bonchev–Trinajstić information content (AvgIpc) is 3.43. The Balaban J connectivity index is 1.17. The van der Waals surface area contributed by atoms with E-state index in [4.69, 9.17) is 4.74 Å². The number of ether oxygens (including phenoxy) is 1. The third kappa shape index (κ3) is 3.18. The molecule has 1 unspecified atom stereocenters. The van der Waals surface area contributed by atoms with Crippen molar-refractivity contribution in [1.29, 1.82) is 0 Å². The van der Waals surface area contributed by atoms with Crippen molar-refractivity contribution >= 4 is 10.9 Å². The zero-order valence-electron chi connectivity index (χ0n) is 17.8. The number of aromatic nitrogens is 3. The fourth-order valence-electron chi connectivity index (χ4n) is 6.19. The molecule has 3 atom stereocenters. The average molecular weight is 406 g/mol. The number of para-hydroxylation sites is 1. The molecule has 1 N–H and O–H groups in total. The van der Waals surface area contributed by atoms with Crippen molar-refractivity contribution in [1.82, 2.24) is 24.3 Å². The Bertz CT molecular complexity index is 1030. The van der Waals surface area contributed by atoms with Crippen LogP contribution in [0.4, 0.5) is 0 Å². The minimum atomic E-state index is 0.0197. The van der Waals surface area contributed by atoms with E-state index in [1.807, 2.05) is 12.4 Å². The van der Waals surface area contributed by atoms with Crippen molar-refractivity contribution in [3.63, 3.8) is 0 Å². The van der Waals surface area contributed by atoms with Gasteiger partial charge in [-0.1, -0.05) is 18.2 Å². The summed E-state index contributed by atoms with van der Waals surface area (Å²) < 4.78 is 8.69. The van der Waals surface area contributed by atoms with Crippen LogP contribution in [0.1, 0.15) is 37.1 Å². The highest BCUT2D eigenvalue weighted by Crippen LogP contribution is 2.44. The number of imidazole rings is 1. The second-order valence-corrected chi connectivity index (χ2v) is 9.52. The van der Waals surface area contributed by atoms with E-state index in [0.29, 0.717) is 12.1 Å². The Morgan fingerprint density at radius 1 is 1.17 bits per heavy atom. The molecule has 3 aliphatic rings. The molecule has 3 fully saturated rings. The van der Waals surface area contributed by atoms with E-state index >= 15 is 0 Å². The number of aryl methyl sites for hydroxylation is 1. The lowest BCUT2D eigenvalue weighted by Crippen LogP contribution is -2.59. The highest BCUT2D eigenvalue weighted by molar-refractivity contribution is 5.82. The van der Waals surface area contributed by atoms with Gasteiger partial charge in [0.15, 0.2) is 0 Å². The van der Waals surface area contributed by atoms with Crippen LogP contribution < -0.4 is 0 Å². The van der Waals surface area contributed by atoms with Crippen LogP contribution >= 0.6 is 0 Å². The van der Waals surface area contributed by atoms with Gasteiger partial charge in [0, 0.05) is 62.9 Å². The van der Waals surface area contributed by atoms with Gasteiger partial charge in [0.25, 0.3) is 0 Å². The first-order valence-electron chi connectivity index (χ1n) is 11.3. The maximum Gasteiger partial charge on any atom is 0.122 e. The summed E-state index contributed by atoms with van der Waals surface area (Å²) in [5.41, 5.74) is 2.69. The van der Waals surface area contributed by atoms with Crippen LogP contribution in [0.2, 0.25) is 0 Å². The van der Waals surface area contributed by atoms with Crippen molar-refractivity contribution in [2.45, 2.75) is 56.5 Å². The van der Waals surface area contributed by atoms with Crippen molar-refractivity contribution in [3.8, 4) is 0 Å². The molecule has 5 heterocycles. The van der Waals surface area contributed by atoms with E-state index in [-0.39, 0.29) is 5.60 Å². The molecule has 30 heavy (non-hydrogen) atoms. The zero-order chi connectivity index (χ0) is 20.1. The summed E-state index contributed by atoms with van der Waals surface area (Å²) in [4.78, 5) is 13.3. The van der Waals surface area contributed by atoms with Crippen molar-refractivity contribution in [2.75, 3.05) is 19.7 Å². The van der Waals surface area contributed by atoms with Gasteiger partial charge in [-0.3, -0.25) is 9.80 Å². The highest BCUT2D eigenvalue weighted by Gasteiger charge is 2.50. The molecule has 3 saturated heterocycles. The van der Waals surface area contributed by atoms with Gasteiger partial charge in [-0.05, 0) is 42.7 Å². The minimum Gasteiger partial charge on any atom is -0.372 e. The molecule has 2 aromatic heterocycles. The quantitative estimate of drug-likeness (QED) is 0.724. The molecule has 1 spiro atoms. The van der Waals surface area contributed by atoms with Crippen LogP contribution in [0.5, 0.6) is 0 Å². The first kappa shape index (κ1) is 18.6. The number of rotatable bonds is 4. The number of fused-ring (bicyclic) bond motifs is 3. The Morgan fingerprint density at radius 3 is 2.83 bits per heavy atom. The standard InChI is InChI=1S/C24H31N5O/c1-27-10-9-25-22(27)16-29-20-5-6-21(29)14-24(13-20)17-28(11-12-30-24)15-19-4-2-3-18-7-8-26-23(18)19/h2-4,7-10,20-21,26H,5-6,11-17H2,1H3/t20-,21+,24?. The van der Waals surface area contributed by atoms with Gasteiger partial charge >= 0.3 is 0 Å². The van der Waals surface area contributed by atoms with Crippen LogP contribution in [-0.2, 0) is 24.9 Å². The van der Waals surface area contributed by atoms with Crippen LogP contribution in [-0.4, -0.2) is 61.7 Å². The number of nitrogens with zero attached hydrogens (tertiary/aromatic N) is 4. The Labute approximate surface area is 177 Å². The zero-order valence-corrected chi connectivity index (χ0v) is 17.8. The summed E-state index contributed by atoms with van der Waals surface area (Å²) >= 11 is 0.